The van der Waals surface area contributed by atoms with Crippen LogP contribution >= 0.6 is 0 Å². The lowest BCUT2D eigenvalue weighted by Gasteiger charge is -2.43. The predicted octanol–water partition coefficient (Wildman–Crippen LogP) is 2.90. The average Bonchev–Trinajstić information content (AvgIpc) is 3.64. The monoisotopic (exact) mass is 490 g/mol. The Morgan fingerprint density at radius 3 is 2.81 bits per heavy atom. The summed E-state index contributed by atoms with van der Waals surface area (Å²) in [6.45, 7) is 3.78. The molecule has 4 aliphatic rings. The molecule has 5 heterocycles. The van der Waals surface area contributed by atoms with Gasteiger partial charge in [0, 0.05) is 18.0 Å². The Morgan fingerprint density at radius 1 is 1.22 bits per heavy atom. The summed E-state index contributed by atoms with van der Waals surface area (Å²) in [6, 6.07) is 8.91. The fourth-order valence-corrected chi connectivity index (χ4v) is 6.43. The summed E-state index contributed by atoms with van der Waals surface area (Å²) in [5, 5.41) is 2.86. The standard InChI is InChI=1S/C27H26N2O7/c1-3-34-26(33)15-6-4-7-16(12-15)28-24(31)21-20-9-10-27(36-20)22(21)25(32)29-17(19-8-5-11-35-19)13-18(30)14(2)23(27)29/h4-12,14,17,20-23H,3,13H2,1-2H3,(H,28,31)/t14-,17-,20-,21-,22-,23+,27+/m1/s1. The maximum Gasteiger partial charge on any atom is 0.338 e. The molecular weight excluding hydrogens is 464 g/mol. The molecule has 0 unspecified atom stereocenters. The van der Waals surface area contributed by atoms with Crippen LogP contribution in [-0.4, -0.2) is 52.8 Å². The van der Waals surface area contributed by atoms with Gasteiger partial charge in [-0.1, -0.05) is 25.1 Å². The topological polar surface area (TPSA) is 115 Å². The zero-order valence-corrected chi connectivity index (χ0v) is 19.9. The third kappa shape index (κ3) is 3.12. The highest BCUT2D eigenvalue weighted by Crippen LogP contribution is 2.60. The Morgan fingerprint density at radius 2 is 2.06 bits per heavy atom. The molecule has 186 valence electrons. The number of ketones is 1. The number of hydrogen-bond donors (Lipinski definition) is 1. The summed E-state index contributed by atoms with van der Waals surface area (Å²) < 4.78 is 17.0. The van der Waals surface area contributed by atoms with Crippen LogP contribution in [0, 0.1) is 17.8 Å². The van der Waals surface area contributed by atoms with Crippen LogP contribution in [0.2, 0.25) is 0 Å². The average molecular weight is 491 g/mol. The number of ether oxygens (including phenoxy) is 2. The first-order valence-corrected chi connectivity index (χ1v) is 12.2. The van der Waals surface area contributed by atoms with E-state index in [1.54, 1.807) is 48.2 Å². The first-order valence-electron chi connectivity index (χ1n) is 12.2. The highest BCUT2D eigenvalue weighted by Gasteiger charge is 2.74. The summed E-state index contributed by atoms with van der Waals surface area (Å²) in [7, 11) is 0. The molecule has 2 amide bonds. The van der Waals surface area contributed by atoms with Gasteiger partial charge in [0.1, 0.15) is 17.1 Å². The molecule has 9 nitrogen and oxygen atoms in total. The van der Waals surface area contributed by atoms with Gasteiger partial charge in [0.15, 0.2) is 0 Å². The molecule has 1 spiro atoms. The molecular formula is C27H26N2O7. The molecule has 1 aromatic heterocycles. The minimum atomic E-state index is -1.06. The van der Waals surface area contributed by atoms with E-state index >= 15 is 0 Å². The van der Waals surface area contributed by atoms with E-state index in [2.05, 4.69) is 5.32 Å². The van der Waals surface area contributed by atoms with Gasteiger partial charge in [0.05, 0.1) is 48.5 Å². The molecule has 7 atom stereocenters. The van der Waals surface area contributed by atoms with Crippen molar-refractivity contribution in [1.82, 2.24) is 4.90 Å². The quantitative estimate of drug-likeness (QED) is 0.506. The number of benzene rings is 1. The molecule has 4 aliphatic heterocycles. The maximum atomic E-state index is 14.0. The Bertz CT molecular complexity index is 1280. The summed E-state index contributed by atoms with van der Waals surface area (Å²) in [6.07, 6.45) is 4.78. The van der Waals surface area contributed by atoms with Crippen LogP contribution in [0.25, 0.3) is 0 Å². The van der Waals surface area contributed by atoms with Gasteiger partial charge in [-0.3, -0.25) is 14.4 Å². The minimum absolute atomic E-state index is 0.0320. The van der Waals surface area contributed by atoms with Crippen molar-refractivity contribution in [1.29, 1.82) is 0 Å². The van der Waals surface area contributed by atoms with Crippen LogP contribution < -0.4 is 5.32 Å². The molecule has 0 radical (unpaired) electrons. The van der Waals surface area contributed by atoms with Gasteiger partial charge < -0.3 is 24.1 Å². The van der Waals surface area contributed by atoms with Crippen LogP contribution in [0.4, 0.5) is 5.69 Å². The smallest absolute Gasteiger partial charge is 0.338 e. The second-order valence-corrected chi connectivity index (χ2v) is 9.77. The molecule has 9 heteroatoms. The highest BCUT2D eigenvalue weighted by molar-refractivity contribution is 6.01. The first kappa shape index (κ1) is 22.7. The number of anilines is 1. The van der Waals surface area contributed by atoms with Crippen LogP contribution in [0.5, 0.6) is 0 Å². The zero-order valence-electron chi connectivity index (χ0n) is 19.9. The Hall–Kier alpha value is -3.72. The van der Waals surface area contributed by atoms with Crippen LogP contribution in [0.1, 0.15) is 42.4 Å². The van der Waals surface area contributed by atoms with Gasteiger partial charge in [0.2, 0.25) is 11.8 Å². The Kier molecular flexibility index (Phi) is 5.15. The number of esters is 1. The van der Waals surface area contributed by atoms with Crippen LogP contribution in [0.15, 0.2) is 59.2 Å². The van der Waals surface area contributed by atoms with E-state index in [-0.39, 0.29) is 30.6 Å². The van der Waals surface area contributed by atoms with E-state index in [4.69, 9.17) is 13.9 Å². The third-order valence-corrected chi connectivity index (χ3v) is 7.90. The highest BCUT2D eigenvalue weighted by atomic mass is 16.5. The summed E-state index contributed by atoms with van der Waals surface area (Å²) in [4.78, 5) is 54.4. The molecule has 2 aromatic rings. The van der Waals surface area contributed by atoms with E-state index in [1.165, 1.54) is 6.26 Å². The Balaban J connectivity index is 1.32. The number of Topliss-reactive ketones (excluding diaryl/α,β-unsaturated/α-hetero) is 1. The number of nitrogens with zero attached hydrogens (tertiary/aromatic N) is 1. The molecule has 1 N–H and O–H groups in total. The van der Waals surface area contributed by atoms with Crippen molar-refractivity contribution in [3.8, 4) is 0 Å². The van der Waals surface area contributed by atoms with Crippen molar-refractivity contribution in [2.75, 3.05) is 11.9 Å². The second kappa shape index (κ2) is 8.16. The summed E-state index contributed by atoms with van der Waals surface area (Å²) in [5.41, 5.74) is -0.318. The number of hydrogen-bond acceptors (Lipinski definition) is 7. The number of furan rings is 1. The lowest BCUT2D eigenvalue weighted by molar-refractivity contribution is -0.147. The van der Waals surface area contributed by atoms with E-state index in [9.17, 15) is 19.2 Å². The van der Waals surface area contributed by atoms with Crippen LogP contribution in [-0.2, 0) is 23.9 Å². The largest absolute Gasteiger partial charge is 0.467 e. The first-order chi connectivity index (χ1) is 17.4. The Labute approximate surface area is 207 Å². The van der Waals surface area contributed by atoms with Crippen molar-refractivity contribution in [3.05, 3.63) is 66.1 Å². The predicted molar refractivity (Wildman–Crippen MR) is 126 cm³/mol. The normalized spacial score (nSPS) is 34.0. The number of carbonyl (C=O) groups excluding carboxylic acids is 4. The van der Waals surface area contributed by atoms with Gasteiger partial charge in [0.25, 0.3) is 0 Å². The molecule has 3 fully saturated rings. The van der Waals surface area contributed by atoms with Crippen molar-refractivity contribution >= 4 is 29.3 Å². The van der Waals surface area contributed by atoms with Crippen molar-refractivity contribution in [2.45, 2.75) is 44.1 Å². The lowest BCUT2D eigenvalue weighted by atomic mass is 9.70. The van der Waals surface area contributed by atoms with E-state index in [0.717, 1.165) is 0 Å². The van der Waals surface area contributed by atoms with E-state index in [1.807, 2.05) is 19.1 Å². The zero-order chi connectivity index (χ0) is 25.2. The third-order valence-electron chi connectivity index (χ3n) is 7.90. The van der Waals surface area contributed by atoms with E-state index < -0.39 is 47.5 Å². The lowest BCUT2D eigenvalue weighted by Crippen LogP contribution is -2.55. The van der Waals surface area contributed by atoms with Gasteiger partial charge in [-0.05, 0) is 37.3 Å². The summed E-state index contributed by atoms with van der Waals surface area (Å²) in [5.74, 6) is -2.49. The molecule has 2 bridgehead atoms. The minimum Gasteiger partial charge on any atom is -0.467 e. The second-order valence-electron chi connectivity index (χ2n) is 9.77. The fraction of sp³-hybridized carbons (Fsp3) is 0.407. The number of amides is 2. The number of piperidine rings is 1. The molecule has 0 aliphatic carbocycles. The number of fused-ring (bicyclic) bond motifs is 2. The SMILES string of the molecule is CCOC(=O)c1cccc(NC(=O)[C@@H]2[C@H]3C=C[C@@]4(O3)[C@@H]3[C@H](C)C(=O)C[C@H](c5ccco5)N3C(=O)[C@@H]24)c1. The van der Waals surface area contributed by atoms with Crippen molar-refractivity contribution < 1.29 is 33.1 Å². The van der Waals surface area contributed by atoms with Crippen molar-refractivity contribution in [2.24, 2.45) is 17.8 Å². The molecule has 0 saturated carbocycles. The van der Waals surface area contributed by atoms with E-state index in [0.29, 0.717) is 17.0 Å². The van der Waals surface area contributed by atoms with Crippen molar-refractivity contribution in [3.63, 3.8) is 0 Å². The van der Waals surface area contributed by atoms with Gasteiger partial charge >= 0.3 is 5.97 Å². The number of rotatable bonds is 5. The summed E-state index contributed by atoms with van der Waals surface area (Å²) >= 11 is 0. The molecule has 1 aromatic carbocycles. The molecule has 3 saturated heterocycles. The fourth-order valence-electron chi connectivity index (χ4n) is 6.43. The molecule has 6 rings (SSSR count). The van der Waals surface area contributed by atoms with Gasteiger partial charge in [-0.15, -0.1) is 0 Å². The van der Waals surface area contributed by atoms with Gasteiger partial charge in [-0.25, -0.2) is 4.79 Å². The maximum absolute atomic E-state index is 14.0. The number of nitrogens with one attached hydrogen (secondary N) is 1. The van der Waals surface area contributed by atoms with Crippen LogP contribution in [0.3, 0.4) is 0 Å². The molecule has 36 heavy (non-hydrogen) atoms. The number of carbonyl (C=O) groups is 4. The van der Waals surface area contributed by atoms with Gasteiger partial charge in [-0.2, -0.15) is 0 Å².